The van der Waals surface area contributed by atoms with Gasteiger partial charge in [0.25, 0.3) is 0 Å². The first-order chi connectivity index (χ1) is 20.3. The molecule has 0 bridgehead atoms. The number of aromatic nitrogens is 4. The zero-order chi connectivity index (χ0) is 31.1. The van der Waals surface area contributed by atoms with E-state index in [0.29, 0.717) is 17.8 Å². The third-order valence-electron chi connectivity index (χ3n) is 6.35. The number of carbonyl (C=O) groups is 1. The van der Waals surface area contributed by atoms with Crippen LogP contribution in [0.3, 0.4) is 0 Å². The molecule has 1 unspecified atom stereocenters. The number of hydrazone groups is 1. The van der Waals surface area contributed by atoms with Crippen molar-refractivity contribution in [2.24, 2.45) is 5.10 Å². The summed E-state index contributed by atoms with van der Waals surface area (Å²) in [6.07, 6.45) is -6.83. The van der Waals surface area contributed by atoms with Crippen LogP contribution in [0.2, 0.25) is 0 Å². The van der Waals surface area contributed by atoms with Gasteiger partial charge < -0.3 is 9.72 Å². The Bertz CT molecular complexity index is 1700. The number of H-pyrrole nitrogens is 1. The van der Waals surface area contributed by atoms with E-state index in [4.69, 9.17) is 4.74 Å². The monoisotopic (exact) mass is 610 g/mol. The van der Waals surface area contributed by atoms with Crippen molar-refractivity contribution in [3.63, 3.8) is 0 Å². The van der Waals surface area contributed by atoms with Crippen molar-refractivity contribution in [3.05, 3.63) is 88.5 Å². The van der Waals surface area contributed by atoms with Crippen LogP contribution in [0.5, 0.6) is 0 Å². The van der Waals surface area contributed by atoms with Crippen LogP contribution >= 0.6 is 0 Å². The van der Waals surface area contributed by atoms with Crippen molar-refractivity contribution < 1.29 is 44.7 Å². The van der Waals surface area contributed by atoms with Gasteiger partial charge in [-0.15, -0.1) is 0 Å². The quantitative estimate of drug-likeness (QED) is 0.203. The van der Waals surface area contributed by atoms with Crippen molar-refractivity contribution in [2.75, 3.05) is 6.61 Å². The minimum atomic E-state index is -5.15. The Morgan fingerprint density at radius 1 is 1.02 bits per heavy atom. The first-order valence-corrected chi connectivity index (χ1v) is 12.4. The van der Waals surface area contributed by atoms with E-state index in [2.05, 4.69) is 25.0 Å². The molecule has 0 amide bonds. The molecular weight excluding hydrogens is 592 g/mol. The maximum atomic E-state index is 14.3. The smallest absolute Gasteiger partial charge is 0.417 e. The number of aromatic amines is 1. The van der Waals surface area contributed by atoms with Gasteiger partial charge >= 0.3 is 18.3 Å². The van der Waals surface area contributed by atoms with Gasteiger partial charge in [-0.05, 0) is 37.3 Å². The van der Waals surface area contributed by atoms with E-state index < -0.39 is 58.5 Å². The summed E-state index contributed by atoms with van der Waals surface area (Å²) in [4.78, 5) is 27.9. The molecule has 0 spiro atoms. The molecule has 1 aliphatic rings. The van der Waals surface area contributed by atoms with Crippen molar-refractivity contribution in [1.29, 1.82) is 0 Å². The summed E-state index contributed by atoms with van der Waals surface area (Å²) in [5, 5.41) is 5.44. The Balaban J connectivity index is 1.47. The highest BCUT2D eigenvalue weighted by atomic mass is 19.4. The van der Waals surface area contributed by atoms with Crippen molar-refractivity contribution in [2.45, 2.75) is 31.9 Å². The predicted octanol–water partition coefficient (Wildman–Crippen LogP) is 6.30. The van der Waals surface area contributed by atoms with Crippen LogP contribution < -0.4 is 0 Å². The number of carbonyl (C=O) groups excluding carboxylic acids is 1. The van der Waals surface area contributed by atoms with Gasteiger partial charge in [0.1, 0.15) is 11.5 Å². The van der Waals surface area contributed by atoms with E-state index in [1.165, 1.54) is 23.4 Å². The number of imidazole rings is 1. The van der Waals surface area contributed by atoms with E-state index in [1.807, 2.05) is 0 Å². The number of hydrogen-bond donors (Lipinski definition) is 1. The average molecular weight is 610 g/mol. The molecule has 0 radical (unpaired) electrons. The second-order valence-corrected chi connectivity index (χ2v) is 9.14. The lowest BCUT2D eigenvalue weighted by molar-refractivity contribution is -0.150. The highest BCUT2D eigenvalue weighted by Gasteiger charge is 2.39. The minimum Gasteiger partial charge on any atom is -0.464 e. The largest absolute Gasteiger partial charge is 0.464 e. The van der Waals surface area contributed by atoms with Crippen LogP contribution in [0, 0.1) is 11.6 Å². The zero-order valence-corrected chi connectivity index (χ0v) is 21.8. The molecule has 5 rings (SSSR count). The van der Waals surface area contributed by atoms with Crippen LogP contribution in [0.4, 0.5) is 35.1 Å². The van der Waals surface area contributed by atoms with Crippen LogP contribution in [-0.2, 0) is 28.4 Å². The number of fused-ring (bicyclic) bond motifs is 1. The van der Waals surface area contributed by atoms with Gasteiger partial charge in [-0.2, -0.15) is 31.4 Å². The van der Waals surface area contributed by atoms with Crippen molar-refractivity contribution in [3.8, 4) is 22.8 Å². The van der Waals surface area contributed by atoms with E-state index in [-0.39, 0.29) is 41.9 Å². The lowest BCUT2D eigenvalue weighted by Gasteiger charge is -2.29. The van der Waals surface area contributed by atoms with Gasteiger partial charge in [0, 0.05) is 23.5 Å². The second-order valence-electron chi connectivity index (χ2n) is 9.14. The molecule has 2 aromatic carbocycles. The van der Waals surface area contributed by atoms with Gasteiger partial charge in [0.2, 0.25) is 0 Å². The van der Waals surface area contributed by atoms with Crippen LogP contribution in [0.15, 0.2) is 53.9 Å². The summed E-state index contributed by atoms with van der Waals surface area (Å²) in [6, 6.07) is 3.34. The topological polar surface area (TPSA) is 96.4 Å². The molecule has 0 saturated heterocycles. The number of halogens is 8. The Kier molecular flexibility index (Phi) is 7.62. The number of nitrogens with one attached hydrogen (secondary N) is 1. The number of rotatable bonds is 6. The molecule has 43 heavy (non-hydrogen) atoms. The zero-order valence-electron chi connectivity index (χ0n) is 21.8. The predicted molar refractivity (Wildman–Crippen MR) is 134 cm³/mol. The lowest BCUT2D eigenvalue weighted by atomic mass is 10.0. The van der Waals surface area contributed by atoms with Gasteiger partial charge in [-0.1, -0.05) is 6.07 Å². The third kappa shape index (κ3) is 5.89. The molecule has 8 nitrogen and oxygen atoms in total. The fourth-order valence-electron chi connectivity index (χ4n) is 4.37. The first-order valence-electron chi connectivity index (χ1n) is 12.4. The molecule has 16 heteroatoms. The molecule has 0 saturated carbocycles. The average Bonchev–Trinajstić information content (AvgIpc) is 3.37. The van der Waals surface area contributed by atoms with Crippen LogP contribution in [0.25, 0.3) is 22.8 Å². The van der Waals surface area contributed by atoms with Gasteiger partial charge in [-0.25, -0.2) is 28.5 Å². The lowest BCUT2D eigenvalue weighted by Crippen LogP contribution is -2.33. The Labute approximate surface area is 237 Å². The van der Waals surface area contributed by atoms with Crippen molar-refractivity contribution in [1.82, 2.24) is 24.9 Å². The Hall–Kier alpha value is -4.89. The summed E-state index contributed by atoms with van der Waals surface area (Å²) in [5.74, 6) is -3.54. The summed E-state index contributed by atoms with van der Waals surface area (Å²) in [5.41, 5.74) is -3.22. The number of nitrogens with zero attached hydrogens (tertiary/aromatic N) is 5. The number of esters is 1. The minimum absolute atomic E-state index is 0.00711. The summed E-state index contributed by atoms with van der Waals surface area (Å²) >= 11 is 0. The fourth-order valence-corrected chi connectivity index (χ4v) is 4.37. The summed E-state index contributed by atoms with van der Waals surface area (Å²) in [6.45, 7) is 1.40. The van der Waals surface area contributed by atoms with E-state index >= 15 is 0 Å². The molecule has 1 atom stereocenters. The number of hydrogen-bond acceptors (Lipinski definition) is 7. The molecule has 2 aromatic heterocycles. The number of ether oxygens (including phenoxy) is 1. The molecule has 0 aliphatic carbocycles. The maximum Gasteiger partial charge on any atom is 0.417 e. The van der Waals surface area contributed by atoms with Crippen molar-refractivity contribution >= 4 is 12.2 Å². The van der Waals surface area contributed by atoms with Gasteiger partial charge in [0.05, 0.1) is 41.8 Å². The number of alkyl halides is 6. The van der Waals surface area contributed by atoms with Gasteiger partial charge in [0.15, 0.2) is 23.5 Å². The maximum absolute atomic E-state index is 14.3. The highest BCUT2D eigenvalue weighted by Crippen LogP contribution is 2.40. The molecule has 3 heterocycles. The molecule has 1 N–H and O–H groups in total. The molecular formula is C27H18F8N6O2. The third-order valence-corrected chi connectivity index (χ3v) is 6.35. The summed E-state index contributed by atoms with van der Waals surface area (Å²) < 4.78 is 113. The first kappa shape index (κ1) is 29.6. The fraction of sp³-hybridized carbons (Fsp3) is 0.222. The SMILES string of the molecule is CCOC(=O)C(c1cnc(-c2ccc(C(F)(F)F)cc2C(F)(F)F)nc1)N1Cc2[nH]c(-c3cccc(F)c3F)nc2C=N1. The number of benzene rings is 2. The molecule has 224 valence electrons. The van der Waals surface area contributed by atoms with Gasteiger partial charge in [-0.3, -0.25) is 5.01 Å². The normalized spacial score (nSPS) is 14.0. The highest BCUT2D eigenvalue weighted by molar-refractivity contribution is 5.82. The molecule has 0 fully saturated rings. The molecule has 1 aliphatic heterocycles. The van der Waals surface area contributed by atoms with E-state index in [0.717, 1.165) is 18.5 Å². The van der Waals surface area contributed by atoms with E-state index in [1.54, 1.807) is 6.92 Å². The standard InChI is InChI=1S/C27H18F8N6O2/c1-2-43-25(42)22(41-12-20-19(11-38-41)39-24(40-20)16-4-3-5-18(28)21(16)29)13-9-36-23(37-10-13)15-7-6-14(26(30,31)32)8-17(15)27(33,34)35/h3-11,22H,2,12H2,1H3,(H,39,40). The summed E-state index contributed by atoms with van der Waals surface area (Å²) in [7, 11) is 0. The Morgan fingerprint density at radius 2 is 1.74 bits per heavy atom. The van der Waals surface area contributed by atoms with Crippen LogP contribution in [-0.4, -0.2) is 43.7 Å². The van der Waals surface area contributed by atoms with E-state index in [9.17, 15) is 39.9 Å². The molecule has 4 aromatic rings. The van der Waals surface area contributed by atoms with Crippen LogP contribution in [0.1, 0.15) is 41.0 Å². The Morgan fingerprint density at radius 3 is 2.40 bits per heavy atom. The second kappa shape index (κ2) is 11.1.